The molecule has 1 N–H and O–H groups in total. The number of imidazole rings is 1. The van der Waals surface area contributed by atoms with Crippen LogP contribution in [-0.2, 0) is 6.54 Å². The number of carbonyl (C=O) groups excluding carboxylic acids is 1. The van der Waals surface area contributed by atoms with E-state index in [4.69, 9.17) is 4.74 Å². The highest BCUT2D eigenvalue weighted by atomic mass is 16.5. The molecule has 0 spiro atoms. The van der Waals surface area contributed by atoms with Crippen LogP contribution in [0, 0.1) is 0 Å². The number of hydrogen-bond donors (Lipinski definition) is 1. The van der Waals surface area contributed by atoms with Crippen molar-refractivity contribution in [3.63, 3.8) is 0 Å². The maximum absolute atomic E-state index is 12.7. The van der Waals surface area contributed by atoms with Crippen LogP contribution in [0.4, 0.5) is 5.69 Å². The lowest BCUT2D eigenvalue weighted by Gasteiger charge is -2.11. The SMILES string of the molecule is COc1ccc(NC(=O)c2nc3ccccn3c2CN(C)C)cc1. The summed E-state index contributed by atoms with van der Waals surface area (Å²) in [5.41, 5.74) is 2.76. The first kappa shape index (κ1) is 16.0. The predicted octanol–water partition coefficient (Wildman–Crippen LogP) is 2.66. The Bertz CT molecular complexity index is 853. The molecule has 3 rings (SSSR count). The van der Waals surface area contributed by atoms with Crippen molar-refractivity contribution in [1.82, 2.24) is 14.3 Å². The van der Waals surface area contributed by atoms with Crippen molar-refractivity contribution in [2.24, 2.45) is 0 Å². The summed E-state index contributed by atoms with van der Waals surface area (Å²) in [7, 11) is 5.54. The van der Waals surface area contributed by atoms with Crippen LogP contribution >= 0.6 is 0 Å². The topological polar surface area (TPSA) is 58.9 Å². The third-order valence-electron chi connectivity index (χ3n) is 3.66. The minimum atomic E-state index is -0.222. The molecule has 0 fully saturated rings. The molecule has 6 heteroatoms. The van der Waals surface area contributed by atoms with Crippen molar-refractivity contribution in [2.75, 3.05) is 26.5 Å². The van der Waals surface area contributed by atoms with E-state index >= 15 is 0 Å². The van der Waals surface area contributed by atoms with Gasteiger partial charge in [-0.15, -0.1) is 0 Å². The minimum absolute atomic E-state index is 0.222. The number of pyridine rings is 1. The van der Waals surface area contributed by atoms with E-state index in [1.165, 1.54) is 0 Å². The average molecular weight is 324 g/mol. The van der Waals surface area contributed by atoms with E-state index in [9.17, 15) is 4.79 Å². The first-order chi connectivity index (χ1) is 11.6. The molecule has 24 heavy (non-hydrogen) atoms. The molecule has 0 aliphatic carbocycles. The zero-order chi connectivity index (χ0) is 17.1. The number of aromatic nitrogens is 2. The quantitative estimate of drug-likeness (QED) is 0.784. The first-order valence-electron chi connectivity index (χ1n) is 7.64. The molecular formula is C18H20N4O2. The minimum Gasteiger partial charge on any atom is -0.497 e. The molecular weight excluding hydrogens is 304 g/mol. The number of ether oxygens (including phenoxy) is 1. The van der Waals surface area contributed by atoms with E-state index in [1.807, 2.05) is 47.8 Å². The lowest BCUT2D eigenvalue weighted by molar-refractivity contribution is 0.102. The van der Waals surface area contributed by atoms with Gasteiger partial charge in [-0.3, -0.25) is 4.79 Å². The summed E-state index contributed by atoms with van der Waals surface area (Å²) >= 11 is 0. The fraction of sp³-hybridized carbons (Fsp3) is 0.222. The van der Waals surface area contributed by atoms with E-state index in [0.717, 1.165) is 17.1 Å². The smallest absolute Gasteiger partial charge is 0.276 e. The lowest BCUT2D eigenvalue weighted by Crippen LogP contribution is -2.19. The molecule has 0 aliphatic rings. The monoisotopic (exact) mass is 324 g/mol. The van der Waals surface area contributed by atoms with E-state index in [0.29, 0.717) is 17.9 Å². The fourth-order valence-corrected chi connectivity index (χ4v) is 2.54. The maximum atomic E-state index is 12.7. The average Bonchev–Trinajstić information content (AvgIpc) is 2.94. The highest BCUT2D eigenvalue weighted by Crippen LogP contribution is 2.18. The Morgan fingerprint density at radius 3 is 2.62 bits per heavy atom. The Kier molecular flexibility index (Phi) is 4.48. The van der Waals surface area contributed by atoms with Crippen LogP contribution in [-0.4, -0.2) is 41.4 Å². The van der Waals surface area contributed by atoms with E-state index in [1.54, 1.807) is 31.4 Å². The molecule has 0 saturated carbocycles. The molecule has 6 nitrogen and oxygen atoms in total. The number of fused-ring (bicyclic) bond motifs is 1. The van der Waals surface area contributed by atoms with Crippen molar-refractivity contribution < 1.29 is 9.53 Å². The predicted molar refractivity (Wildman–Crippen MR) is 93.5 cm³/mol. The number of rotatable bonds is 5. The molecule has 1 aromatic carbocycles. The van der Waals surface area contributed by atoms with Crippen molar-refractivity contribution in [2.45, 2.75) is 6.54 Å². The number of carbonyl (C=O) groups is 1. The normalized spacial score (nSPS) is 11.0. The molecule has 124 valence electrons. The fourth-order valence-electron chi connectivity index (χ4n) is 2.54. The lowest BCUT2D eigenvalue weighted by atomic mass is 10.2. The molecule has 2 aromatic heterocycles. The Hall–Kier alpha value is -2.86. The summed E-state index contributed by atoms with van der Waals surface area (Å²) in [4.78, 5) is 19.2. The van der Waals surface area contributed by atoms with Crippen LogP contribution in [0.1, 0.15) is 16.2 Å². The maximum Gasteiger partial charge on any atom is 0.276 e. The van der Waals surface area contributed by atoms with Gasteiger partial charge in [-0.1, -0.05) is 6.07 Å². The number of benzene rings is 1. The van der Waals surface area contributed by atoms with Crippen LogP contribution in [0.5, 0.6) is 5.75 Å². The number of methoxy groups -OCH3 is 1. The molecule has 0 bridgehead atoms. The van der Waals surface area contributed by atoms with Gasteiger partial charge in [0.2, 0.25) is 0 Å². The van der Waals surface area contributed by atoms with Gasteiger partial charge in [0.15, 0.2) is 5.69 Å². The van der Waals surface area contributed by atoms with Gasteiger partial charge in [-0.25, -0.2) is 4.98 Å². The molecule has 1 amide bonds. The van der Waals surface area contributed by atoms with Gasteiger partial charge in [0.05, 0.1) is 12.8 Å². The van der Waals surface area contributed by atoms with Gasteiger partial charge in [0.1, 0.15) is 11.4 Å². The Labute approximate surface area is 140 Å². The van der Waals surface area contributed by atoms with Gasteiger partial charge < -0.3 is 19.4 Å². The van der Waals surface area contributed by atoms with E-state index in [-0.39, 0.29) is 5.91 Å². The van der Waals surface area contributed by atoms with Crippen molar-refractivity contribution >= 4 is 17.2 Å². The van der Waals surface area contributed by atoms with Crippen LogP contribution < -0.4 is 10.1 Å². The van der Waals surface area contributed by atoms with Crippen LogP contribution in [0.2, 0.25) is 0 Å². The standard InChI is InChI=1S/C18H20N4O2/c1-21(2)12-15-17(20-16-6-4-5-11-22(15)16)18(23)19-13-7-9-14(24-3)10-8-13/h4-11H,12H2,1-3H3,(H,19,23). The van der Waals surface area contributed by atoms with Gasteiger partial charge in [-0.2, -0.15) is 0 Å². The zero-order valence-electron chi connectivity index (χ0n) is 14.0. The highest BCUT2D eigenvalue weighted by Gasteiger charge is 2.19. The number of hydrogen-bond acceptors (Lipinski definition) is 4. The second kappa shape index (κ2) is 6.72. The Balaban J connectivity index is 1.93. The molecule has 0 radical (unpaired) electrons. The Morgan fingerprint density at radius 1 is 1.21 bits per heavy atom. The Morgan fingerprint density at radius 2 is 1.96 bits per heavy atom. The third-order valence-corrected chi connectivity index (χ3v) is 3.66. The summed E-state index contributed by atoms with van der Waals surface area (Å²) in [5.74, 6) is 0.523. The molecule has 0 unspecified atom stereocenters. The van der Waals surface area contributed by atoms with Gasteiger partial charge in [-0.05, 0) is 50.5 Å². The second-order valence-corrected chi connectivity index (χ2v) is 5.76. The van der Waals surface area contributed by atoms with Gasteiger partial charge in [0.25, 0.3) is 5.91 Å². The first-order valence-corrected chi connectivity index (χ1v) is 7.64. The third kappa shape index (κ3) is 3.23. The second-order valence-electron chi connectivity index (χ2n) is 5.76. The highest BCUT2D eigenvalue weighted by molar-refractivity contribution is 6.04. The zero-order valence-corrected chi connectivity index (χ0v) is 14.0. The number of anilines is 1. The van der Waals surface area contributed by atoms with Crippen LogP contribution in [0.25, 0.3) is 5.65 Å². The number of amides is 1. The molecule has 0 saturated heterocycles. The summed E-state index contributed by atoms with van der Waals surface area (Å²) in [6.45, 7) is 0.622. The molecule has 3 aromatic rings. The largest absolute Gasteiger partial charge is 0.497 e. The van der Waals surface area contributed by atoms with Crippen molar-refractivity contribution in [3.05, 3.63) is 60.0 Å². The van der Waals surface area contributed by atoms with Gasteiger partial charge in [0, 0.05) is 18.4 Å². The van der Waals surface area contributed by atoms with Crippen LogP contribution in [0.15, 0.2) is 48.7 Å². The van der Waals surface area contributed by atoms with Crippen molar-refractivity contribution in [3.8, 4) is 5.75 Å². The van der Waals surface area contributed by atoms with Crippen molar-refractivity contribution in [1.29, 1.82) is 0 Å². The van der Waals surface area contributed by atoms with Gasteiger partial charge >= 0.3 is 0 Å². The summed E-state index contributed by atoms with van der Waals surface area (Å²) in [6, 6.07) is 12.9. The molecule has 0 aliphatic heterocycles. The summed E-state index contributed by atoms with van der Waals surface area (Å²) in [5, 5.41) is 2.90. The van der Waals surface area contributed by atoms with E-state index in [2.05, 4.69) is 10.3 Å². The summed E-state index contributed by atoms with van der Waals surface area (Å²) < 4.78 is 7.08. The van der Waals surface area contributed by atoms with E-state index < -0.39 is 0 Å². The molecule has 0 atom stereocenters. The number of nitrogens with one attached hydrogen (secondary N) is 1. The van der Waals surface area contributed by atoms with Crippen LogP contribution in [0.3, 0.4) is 0 Å². The summed E-state index contributed by atoms with van der Waals surface area (Å²) in [6.07, 6.45) is 1.92. The molecule has 2 heterocycles. The number of nitrogens with zero attached hydrogens (tertiary/aromatic N) is 3.